The number of likely N-dealkylation sites (N-methyl/N-ethyl adjacent to an activating group) is 1. The van der Waals surface area contributed by atoms with E-state index < -0.39 is 0 Å². The molecule has 2 N–H and O–H groups in total. The molecule has 4 nitrogen and oxygen atoms in total. The molecular weight excluding hydrogens is 214 g/mol. The number of carbonyl (C=O) groups excluding carboxylic acids is 1. The third kappa shape index (κ3) is 5.04. The summed E-state index contributed by atoms with van der Waals surface area (Å²) in [7, 11) is 2.03. The molecule has 1 fully saturated rings. The van der Waals surface area contributed by atoms with Crippen LogP contribution in [0.2, 0.25) is 0 Å². The normalized spacial score (nSPS) is 22.5. The summed E-state index contributed by atoms with van der Waals surface area (Å²) in [5, 5.41) is 6.46. The van der Waals surface area contributed by atoms with Gasteiger partial charge in [0.1, 0.15) is 0 Å². The maximum absolute atomic E-state index is 11.8. The second-order valence-corrected chi connectivity index (χ2v) is 5.05. The monoisotopic (exact) mass is 241 g/mol. The van der Waals surface area contributed by atoms with Crippen molar-refractivity contribution in [2.24, 2.45) is 0 Å². The average molecular weight is 241 g/mol. The topological polar surface area (TPSA) is 44.4 Å². The summed E-state index contributed by atoms with van der Waals surface area (Å²) >= 11 is 0. The summed E-state index contributed by atoms with van der Waals surface area (Å²) in [5.74, 6) is 0.144. The lowest BCUT2D eigenvalue weighted by Gasteiger charge is -2.31. The standard InChI is InChI=1S/C13H27N3O/c1-4-8-15-13(17)11(2)16(3)10-12-7-5-6-9-14-12/h11-12,14H,4-10H2,1-3H3,(H,15,17). The minimum atomic E-state index is -0.0368. The van der Waals surface area contributed by atoms with Crippen LogP contribution < -0.4 is 10.6 Å². The van der Waals surface area contributed by atoms with Crippen molar-refractivity contribution >= 4 is 5.91 Å². The van der Waals surface area contributed by atoms with E-state index in [1.165, 1.54) is 19.3 Å². The largest absolute Gasteiger partial charge is 0.355 e. The lowest BCUT2D eigenvalue weighted by atomic mass is 10.0. The molecule has 0 radical (unpaired) electrons. The van der Waals surface area contributed by atoms with Gasteiger partial charge in [-0.2, -0.15) is 0 Å². The van der Waals surface area contributed by atoms with Gasteiger partial charge in [0.2, 0.25) is 5.91 Å². The highest BCUT2D eigenvalue weighted by Crippen LogP contribution is 2.09. The van der Waals surface area contributed by atoms with E-state index in [2.05, 4.69) is 22.5 Å². The van der Waals surface area contributed by atoms with Gasteiger partial charge >= 0.3 is 0 Å². The van der Waals surface area contributed by atoms with Crippen LogP contribution in [0.1, 0.15) is 39.5 Å². The fraction of sp³-hybridized carbons (Fsp3) is 0.923. The summed E-state index contributed by atoms with van der Waals surface area (Å²) < 4.78 is 0. The highest BCUT2D eigenvalue weighted by Gasteiger charge is 2.21. The lowest BCUT2D eigenvalue weighted by Crippen LogP contribution is -2.49. The van der Waals surface area contributed by atoms with Crippen molar-refractivity contribution < 1.29 is 4.79 Å². The highest BCUT2D eigenvalue weighted by atomic mass is 16.2. The first kappa shape index (κ1) is 14.5. The summed E-state index contributed by atoms with van der Waals surface area (Å²) in [6.45, 7) is 6.91. The fourth-order valence-electron chi connectivity index (χ4n) is 2.18. The molecule has 0 spiro atoms. The zero-order chi connectivity index (χ0) is 12.7. The smallest absolute Gasteiger partial charge is 0.237 e. The van der Waals surface area contributed by atoms with Crippen LogP contribution in [0.3, 0.4) is 0 Å². The molecule has 2 unspecified atom stereocenters. The first-order chi connectivity index (χ1) is 8.15. The summed E-state index contributed by atoms with van der Waals surface area (Å²) in [4.78, 5) is 14.0. The number of nitrogens with one attached hydrogen (secondary N) is 2. The van der Waals surface area contributed by atoms with Crippen LogP contribution in [0, 0.1) is 0 Å². The Morgan fingerprint density at radius 2 is 2.29 bits per heavy atom. The first-order valence-corrected chi connectivity index (χ1v) is 6.86. The van der Waals surface area contributed by atoms with Gasteiger partial charge in [-0.05, 0) is 39.8 Å². The first-order valence-electron chi connectivity index (χ1n) is 6.86. The molecule has 1 aliphatic heterocycles. The molecule has 0 aromatic carbocycles. The molecule has 17 heavy (non-hydrogen) atoms. The molecular formula is C13H27N3O. The summed E-state index contributed by atoms with van der Waals surface area (Å²) in [5.41, 5.74) is 0. The predicted octanol–water partition coefficient (Wildman–Crippen LogP) is 0.975. The van der Waals surface area contributed by atoms with Gasteiger partial charge in [0.15, 0.2) is 0 Å². The SMILES string of the molecule is CCCNC(=O)C(C)N(C)CC1CCCCN1. The van der Waals surface area contributed by atoms with Gasteiger partial charge in [0, 0.05) is 19.1 Å². The van der Waals surface area contributed by atoms with E-state index >= 15 is 0 Å². The Balaban J connectivity index is 2.29. The Kier molecular flexibility index (Phi) is 6.52. The van der Waals surface area contributed by atoms with Crippen LogP contribution in [-0.4, -0.2) is 49.6 Å². The van der Waals surface area contributed by atoms with Gasteiger partial charge in [-0.15, -0.1) is 0 Å². The van der Waals surface area contributed by atoms with Gasteiger partial charge in [0.05, 0.1) is 6.04 Å². The molecule has 1 heterocycles. The highest BCUT2D eigenvalue weighted by molar-refractivity contribution is 5.81. The minimum absolute atomic E-state index is 0.0368. The Morgan fingerprint density at radius 1 is 1.53 bits per heavy atom. The minimum Gasteiger partial charge on any atom is -0.355 e. The lowest BCUT2D eigenvalue weighted by molar-refractivity contribution is -0.125. The van der Waals surface area contributed by atoms with Crippen LogP contribution in [0.25, 0.3) is 0 Å². The van der Waals surface area contributed by atoms with Gasteiger partial charge < -0.3 is 10.6 Å². The molecule has 1 amide bonds. The number of hydrogen-bond donors (Lipinski definition) is 2. The van der Waals surface area contributed by atoms with E-state index in [0.717, 1.165) is 26.1 Å². The van der Waals surface area contributed by atoms with Gasteiger partial charge in [0.25, 0.3) is 0 Å². The van der Waals surface area contributed by atoms with Crippen LogP contribution >= 0.6 is 0 Å². The van der Waals surface area contributed by atoms with Crippen molar-refractivity contribution in [1.82, 2.24) is 15.5 Å². The van der Waals surface area contributed by atoms with Crippen molar-refractivity contribution in [2.75, 3.05) is 26.7 Å². The third-order valence-corrected chi connectivity index (χ3v) is 3.51. The van der Waals surface area contributed by atoms with Crippen molar-refractivity contribution in [3.63, 3.8) is 0 Å². The zero-order valence-electron chi connectivity index (χ0n) is 11.5. The van der Waals surface area contributed by atoms with E-state index in [1.54, 1.807) is 0 Å². The van der Waals surface area contributed by atoms with Crippen LogP contribution in [0.5, 0.6) is 0 Å². The molecule has 0 saturated carbocycles. The molecule has 0 bridgehead atoms. The Bertz CT molecular complexity index is 227. The third-order valence-electron chi connectivity index (χ3n) is 3.51. The number of rotatable bonds is 6. The van der Waals surface area contributed by atoms with E-state index in [0.29, 0.717) is 6.04 Å². The molecule has 1 saturated heterocycles. The van der Waals surface area contributed by atoms with Gasteiger partial charge in [-0.1, -0.05) is 13.3 Å². The number of piperidine rings is 1. The molecule has 0 aliphatic carbocycles. The number of hydrogen-bond acceptors (Lipinski definition) is 3. The summed E-state index contributed by atoms with van der Waals surface area (Å²) in [6, 6.07) is 0.514. The van der Waals surface area contributed by atoms with Crippen molar-refractivity contribution in [2.45, 2.75) is 51.6 Å². The Morgan fingerprint density at radius 3 is 2.88 bits per heavy atom. The maximum Gasteiger partial charge on any atom is 0.237 e. The molecule has 1 rings (SSSR count). The van der Waals surface area contributed by atoms with Crippen LogP contribution in [0.4, 0.5) is 0 Å². The predicted molar refractivity (Wildman–Crippen MR) is 71.0 cm³/mol. The molecule has 100 valence electrons. The Hall–Kier alpha value is -0.610. The van der Waals surface area contributed by atoms with E-state index in [4.69, 9.17) is 0 Å². The van der Waals surface area contributed by atoms with Gasteiger partial charge in [-0.3, -0.25) is 9.69 Å². The number of amides is 1. The van der Waals surface area contributed by atoms with Crippen molar-refractivity contribution in [3.8, 4) is 0 Å². The van der Waals surface area contributed by atoms with Crippen molar-refractivity contribution in [1.29, 1.82) is 0 Å². The fourth-order valence-corrected chi connectivity index (χ4v) is 2.18. The number of nitrogens with zero attached hydrogens (tertiary/aromatic N) is 1. The molecule has 4 heteroatoms. The second-order valence-electron chi connectivity index (χ2n) is 5.05. The summed E-state index contributed by atoms with van der Waals surface area (Å²) in [6.07, 6.45) is 4.81. The average Bonchev–Trinajstić information content (AvgIpc) is 2.36. The molecule has 0 aromatic rings. The zero-order valence-corrected chi connectivity index (χ0v) is 11.5. The Labute approximate surface area is 105 Å². The van der Waals surface area contributed by atoms with E-state index in [1.807, 2.05) is 14.0 Å². The molecule has 1 aliphatic rings. The van der Waals surface area contributed by atoms with E-state index in [9.17, 15) is 4.79 Å². The van der Waals surface area contributed by atoms with Crippen LogP contribution in [-0.2, 0) is 4.79 Å². The van der Waals surface area contributed by atoms with E-state index in [-0.39, 0.29) is 11.9 Å². The number of carbonyl (C=O) groups is 1. The molecule has 2 atom stereocenters. The van der Waals surface area contributed by atoms with Crippen LogP contribution in [0.15, 0.2) is 0 Å². The quantitative estimate of drug-likeness (QED) is 0.728. The van der Waals surface area contributed by atoms with Crippen molar-refractivity contribution in [3.05, 3.63) is 0 Å². The molecule has 0 aromatic heterocycles. The second kappa shape index (κ2) is 7.67. The maximum atomic E-state index is 11.8. The van der Waals surface area contributed by atoms with Gasteiger partial charge in [-0.25, -0.2) is 0 Å².